The van der Waals surface area contributed by atoms with E-state index in [0.717, 1.165) is 8.95 Å². The van der Waals surface area contributed by atoms with Crippen molar-refractivity contribution in [2.75, 3.05) is 28.4 Å². The van der Waals surface area contributed by atoms with E-state index in [-0.39, 0.29) is 0 Å². The molecule has 8 heteroatoms. The van der Waals surface area contributed by atoms with Crippen LogP contribution in [0.1, 0.15) is 0 Å². The number of hydrogen-bond acceptors (Lipinski definition) is 6. The Balaban J connectivity index is 2.56. The lowest BCUT2D eigenvalue weighted by molar-refractivity contribution is 0.393. The molecule has 0 aliphatic heterocycles. The van der Waals surface area contributed by atoms with Gasteiger partial charge in [-0.15, -0.1) is 10.2 Å². The number of rotatable bonds is 6. The van der Waals surface area contributed by atoms with Crippen LogP contribution in [0.5, 0.6) is 23.0 Å². The molecule has 0 spiro atoms. The molecule has 0 saturated carbocycles. The lowest BCUT2D eigenvalue weighted by Crippen LogP contribution is -1.90. The van der Waals surface area contributed by atoms with Gasteiger partial charge in [0.1, 0.15) is 0 Å². The fraction of sp³-hybridized carbons (Fsp3) is 0.250. The van der Waals surface area contributed by atoms with Gasteiger partial charge >= 0.3 is 0 Å². The summed E-state index contributed by atoms with van der Waals surface area (Å²) >= 11 is 6.80. The third-order valence-corrected chi connectivity index (χ3v) is 4.05. The van der Waals surface area contributed by atoms with Crippen molar-refractivity contribution in [3.8, 4) is 23.0 Å². The molecule has 128 valence electrons. The normalized spacial score (nSPS) is 10.8. The Kier molecular flexibility index (Phi) is 6.44. The highest BCUT2D eigenvalue weighted by Gasteiger charge is 2.15. The summed E-state index contributed by atoms with van der Waals surface area (Å²) in [5.41, 5.74) is 0.936. The highest BCUT2D eigenvalue weighted by Crippen LogP contribution is 2.44. The standard InChI is InChI=1S/C16H16Br2N2O4/c1-21-11-5-9(17)6-12(22-2)15(11)19-20-16-13(23-3)7-10(18)8-14(16)24-4/h5-8H,1-4H3. The van der Waals surface area contributed by atoms with Gasteiger partial charge in [-0.05, 0) is 24.3 Å². The fourth-order valence-electron chi connectivity index (χ4n) is 2.02. The molecule has 0 aliphatic rings. The van der Waals surface area contributed by atoms with Crippen molar-refractivity contribution >= 4 is 43.2 Å². The van der Waals surface area contributed by atoms with Gasteiger partial charge in [0.25, 0.3) is 0 Å². The van der Waals surface area contributed by atoms with Crippen molar-refractivity contribution in [2.24, 2.45) is 10.2 Å². The van der Waals surface area contributed by atoms with Crippen LogP contribution in [-0.2, 0) is 0 Å². The summed E-state index contributed by atoms with van der Waals surface area (Å²) in [5.74, 6) is 2.11. The van der Waals surface area contributed by atoms with Gasteiger partial charge in [0.05, 0.1) is 28.4 Å². The molecule has 24 heavy (non-hydrogen) atoms. The third-order valence-electron chi connectivity index (χ3n) is 3.14. The summed E-state index contributed by atoms with van der Waals surface area (Å²) in [6.45, 7) is 0. The molecule has 0 radical (unpaired) electrons. The predicted octanol–water partition coefficient (Wildman–Crippen LogP) is 5.66. The number of ether oxygens (including phenoxy) is 4. The van der Waals surface area contributed by atoms with E-state index in [0.29, 0.717) is 34.4 Å². The van der Waals surface area contributed by atoms with Gasteiger partial charge < -0.3 is 18.9 Å². The summed E-state index contributed by atoms with van der Waals surface area (Å²) in [5, 5.41) is 8.57. The molecule has 2 rings (SSSR count). The first-order valence-corrected chi connectivity index (χ1v) is 8.37. The molecular weight excluding hydrogens is 444 g/mol. The number of nitrogens with zero attached hydrogens (tertiary/aromatic N) is 2. The van der Waals surface area contributed by atoms with E-state index < -0.39 is 0 Å². The number of benzene rings is 2. The number of azo groups is 1. The van der Waals surface area contributed by atoms with E-state index in [1.54, 1.807) is 52.7 Å². The van der Waals surface area contributed by atoms with Gasteiger partial charge in [0.2, 0.25) is 0 Å². The zero-order valence-electron chi connectivity index (χ0n) is 13.6. The molecule has 0 amide bonds. The molecule has 2 aromatic rings. The number of methoxy groups -OCH3 is 4. The Morgan fingerprint density at radius 3 is 1.04 bits per heavy atom. The average molecular weight is 460 g/mol. The summed E-state index contributed by atoms with van der Waals surface area (Å²) in [6.07, 6.45) is 0. The van der Waals surface area contributed by atoms with Crippen molar-refractivity contribution in [1.82, 2.24) is 0 Å². The molecule has 0 saturated heterocycles. The lowest BCUT2D eigenvalue weighted by atomic mass is 10.2. The largest absolute Gasteiger partial charge is 0.494 e. The highest BCUT2D eigenvalue weighted by molar-refractivity contribution is 9.10. The molecule has 0 heterocycles. The lowest BCUT2D eigenvalue weighted by Gasteiger charge is -2.11. The molecule has 0 unspecified atom stereocenters. The molecular formula is C16H16Br2N2O4. The molecule has 0 atom stereocenters. The first-order chi connectivity index (χ1) is 11.5. The molecule has 0 aromatic heterocycles. The summed E-state index contributed by atoms with van der Waals surface area (Å²) in [4.78, 5) is 0. The monoisotopic (exact) mass is 458 g/mol. The Bertz CT molecular complexity index is 652. The van der Waals surface area contributed by atoms with Gasteiger partial charge in [-0.3, -0.25) is 0 Å². The second-order valence-electron chi connectivity index (χ2n) is 4.52. The van der Waals surface area contributed by atoms with Crippen molar-refractivity contribution in [3.63, 3.8) is 0 Å². The Hall–Kier alpha value is -1.80. The van der Waals surface area contributed by atoms with E-state index in [9.17, 15) is 0 Å². The molecule has 0 bridgehead atoms. The topological polar surface area (TPSA) is 61.6 Å². The van der Waals surface area contributed by atoms with Gasteiger partial charge in [-0.2, -0.15) is 0 Å². The van der Waals surface area contributed by atoms with Gasteiger partial charge in [-0.25, -0.2) is 0 Å². The van der Waals surface area contributed by atoms with Crippen LogP contribution in [0.2, 0.25) is 0 Å². The number of hydrogen-bond donors (Lipinski definition) is 0. The maximum Gasteiger partial charge on any atom is 0.169 e. The van der Waals surface area contributed by atoms with Crippen LogP contribution in [0.3, 0.4) is 0 Å². The summed E-state index contributed by atoms with van der Waals surface area (Å²) in [7, 11) is 6.23. The minimum absolute atomic E-state index is 0.468. The first-order valence-electron chi connectivity index (χ1n) is 6.78. The molecule has 0 aliphatic carbocycles. The van der Waals surface area contributed by atoms with Crippen LogP contribution < -0.4 is 18.9 Å². The molecule has 0 fully saturated rings. The zero-order chi connectivity index (χ0) is 17.7. The second kappa shape index (κ2) is 8.34. The van der Waals surface area contributed by atoms with Crippen LogP contribution in [0.15, 0.2) is 43.4 Å². The van der Waals surface area contributed by atoms with Crippen molar-refractivity contribution in [1.29, 1.82) is 0 Å². The third kappa shape index (κ3) is 3.99. The smallest absolute Gasteiger partial charge is 0.169 e. The minimum atomic E-state index is 0.468. The summed E-state index contributed by atoms with van der Waals surface area (Å²) < 4.78 is 23.1. The van der Waals surface area contributed by atoms with Crippen molar-refractivity contribution < 1.29 is 18.9 Å². The maximum atomic E-state index is 5.36. The van der Waals surface area contributed by atoms with Crippen LogP contribution in [0.4, 0.5) is 11.4 Å². The molecule has 2 aromatic carbocycles. The van der Waals surface area contributed by atoms with Crippen LogP contribution in [0.25, 0.3) is 0 Å². The molecule has 0 N–H and O–H groups in total. The minimum Gasteiger partial charge on any atom is -0.494 e. The zero-order valence-corrected chi connectivity index (χ0v) is 16.8. The van der Waals surface area contributed by atoms with Crippen LogP contribution >= 0.6 is 31.9 Å². The van der Waals surface area contributed by atoms with E-state index in [1.165, 1.54) is 0 Å². The Labute approximate surface area is 157 Å². The van der Waals surface area contributed by atoms with E-state index >= 15 is 0 Å². The van der Waals surface area contributed by atoms with Gasteiger partial charge in [-0.1, -0.05) is 31.9 Å². The first kappa shape index (κ1) is 18.5. The van der Waals surface area contributed by atoms with Crippen molar-refractivity contribution in [3.05, 3.63) is 33.2 Å². The van der Waals surface area contributed by atoms with E-state index in [4.69, 9.17) is 18.9 Å². The van der Waals surface area contributed by atoms with Gasteiger partial charge in [0, 0.05) is 8.95 Å². The predicted molar refractivity (Wildman–Crippen MR) is 98.7 cm³/mol. The van der Waals surface area contributed by atoms with E-state index in [2.05, 4.69) is 42.1 Å². The van der Waals surface area contributed by atoms with Crippen LogP contribution in [0, 0.1) is 0 Å². The maximum absolute atomic E-state index is 5.36. The fourth-order valence-corrected chi connectivity index (χ4v) is 2.85. The second-order valence-corrected chi connectivity index (χ2v) is 6.35. The number of halogens is 2. The van der Waals surface area contributed by atoms with E-state index in [1.807, 2.05) is 0 Å². The SMILES string of the molecule is COc1cc(Br)cc(OC)c1N=Nc1c(OC)cc(Br)cc1OC. The molecule has 6 nitrogen and oxygen atoms in total. The highest BCUT2D eigenvalue weighted by atomic mass is 79.9. The Morgan fingerprint density at radius 1 is 0.583 bits per heavy atom. The summed E-state index contributed by atoms with van der Waals surface area (Å²) in [6, 6.07) is 7.14. The quantitative estimate of drug-likeness (QED) is 0.522. The van der Waals surface area contributed by atoms with Crippen molar-refractivity contribution in [2.45, 2.75) is 0 Å². The van der Waals surface area contributed by atoms with Crippen LogP contribution in [-0.4, -0.2) is 28.4 Å². The Morgan fingerprint density at radius 2 is 0.833 bits per heavy atom. The van der Waals surface area contributed by atoms with Gasteiger partial charge in [0.15, 0.2) is 34.4 Å². The average Bonchev–Trinajstić information content (AvgIpc) is 2.59.